The lowest BCUT2D eigenvalue weighted by molar-refractivity contribution is -0.113. The van der Waals surface area contributed by atoms with Crippen LogP contribution in [0.2, 0.25) is 0 Å². The first-order chi connectivity index (χ1) is 16.3. The van der Waals surface area contributed by atoms with Gasteiger partial charge in [-0.05, 0) is 26.3 Å². The number of esters is 2. The van der Waals surface area contributed by atoms with Gasteiger partial charge in [0.05, 0.1) is 30.2 Å². The van der Waals surface area contributed by atoms with E-state index in [-0.39, 0.29) is 45.1 Å². The van der Waals surface area contributed by atoms with Crippen molar-refractivity contribution < 1.29 is 23.9 Å². The molecule has 34 heavy (non-hydrogen) atoms. The number of nitrogens with one attached hydrogen (secondary N) is 2. The molecule has 2 aromatic heterocycles. The molecular formula is C23H23N3O6S2. The maximum absolute atomic E-state index is 12.7. The monoisotopic (exact) mass is 501 g/mol. The Kier molecular flexibility index (Phi) is 8.61. The smallest absolute Gasteiger partial charge is 0.348 e. The number of rotatable bonds is 9. The number of amides is 1. The number of aromatic nitrogens is 2. The van der Waals surface area contributed by atoms with Gasteiger partial charge in [-0.25, -0.2) is 14.6 Å². The first-order valence-electron chi connectivity index (χ1n) is 10.4. The van der Waals surface area contributed by atoms with Crippen LogP contribution in [0.15, 0.2) is 46.3 Å². The highest BCUT2D eigenvalue weighted by Gasteiger charge is 2.27. The van der Waals surface area contributed by atoms with Gasteiger partial charge in [-0.1, -0.05) is 42.1 Å². The first kappa shape index (κ1) is 25.2. The van der Waals surface area contributed by atoms with Crippen molar-refractivity contribution in [3.05, 3.63) is 62.8 Å². The summed E-state index contributed by atoms with van der Waals surface area (Å²) in [6.07, 6.45) is 0. The third-order valence-corrected chi connectivity index (χ3v) is 6.53. The fraction of sp³-hybridized carbons (Fsp3) is 0.261. The zero-order valence-electron chi connectivity index (χ0n) is 18.8. The highest BCUT2D eigenvalue weighted by molar-refractivity contribution is 7.99. The summed E-state index contributed by atoms with van der Waals surface area (Å²) < 4.78 is 10.1. The molecule has 3 aromatic rings. The van der Waals surface area contributed by atoms with Gasteiger partial charge in [-0.3, -0.25) is 9.59 Å². The van der Waals surface area contributed by atoms with E-state index in [9.17, 15) is 19.2 Å². The van der Waals surface area contributed by atoms with Crippen molar-refractivity contribution in [3.8, 4) is 11.3 Å². The molecule has 0 aliphatic carbocycles. The number of thioether (sulfide) groups is 1. The minimum atomic E-state index is -0.642. The molecule has 0 saturated carbocycles. The molecule has 0 saturated heterocycles. The van der Waals surface area contributed by atoms with E-state index >= 15 is 0 Å². The molecule has 2 N–H and O–H groups in total. The predicted molar refractivity (Wildman–Crippen MR) is 131 cm³/mol. The Balaban J connectivity index is 1.78. The normalized spacial score (nSPS) is 10.6. The van der Waals surface area contributed by atoms with Crippen molar-refractivity contribution in [1.82, 2.24) is 9.97 Å². The Labute approximate surface area is 203 Å². The third kappa shape index (κ3) is 6.12. The van der Waals surface area contributed by atoms with E-state index < -0.39 is 17.8 Å². The number of H-pyrrole nitrogens is 1. The fourth-order valence-electron chi connectivity index (χ4n) is 3.00. The van der Waals surface area contributed by atoms with Gasteiger partial charge in [-0.15, -0.1) is 11.3 Å². The number of aromatic amines is 1. The Bertz CT molecular complexity index is 1250. The van der Waals surface area contributed by atoms with Crippen LogP contribution in [-0.4, -0.2) is 46.8 Å². The number of anilines is 1. The number of benzene rings is 1. The standard InChI is InChI=1S/C23H23N3O6S2/c1-4-31-21(29)18-13(3)19(22(30)32-5-2)34-20(18)25-17(28)12-33-23-24-15(11-16(27)26-23)14-9-7-6-8-10-14/h6-11H,4-5,12H2,1-3H3,(H,25,28)(H,24,26,27). The van der Waals surface area contributed by atoms with E-state index in [1.807, 2.05) is 30.3 Å². The van der Waals surface area contributed by atoms with Gasteiger partial charge in [0.15, 0.2) is 5.16 Å². The molecular weight excluding hydrogens is 478 g/mol. The molecule has 0 spiro atoms. The lowest BCUT2D eigenvalue weighted by atomic mass is 10.1. The van der Waals surface area contributed by atoms with E-state index in [0.717, 1.165) is 28.7 Å². The number of carbonyl (C=O) groups excluding carboxylic acids is 3. The summed E-state index contributed by atoms with van der Waals surface area (Å²) in [7, 11) is 0. The van der Waals surface area contributed by atoms with Crippen molar-refractivity contribution >= 4 is 45.9 Å². The Morgan fingerprint density at radius 3 is 2.44 bits per heavy atom. The molecule has 0 radical (unpaired) electrons. The summed E-state index contributed by atoms with van der Waals surface area (Å²) >= 11 is 1.99. The quantitative estimate of drug-likeness (QED) is 0.257. The van der Waals surface area contributed by atoms with Gasteiger partial charge in [0.2, 0.25) is 5.91 Å². The second kappa shape index (κ2) is 11.6. The summed E-state index contributed by atoms with van der Waals surface area (Å²) in [5.41, 5.74) is 1.43. The zero-order valence-corrected chi connectivity index (χ0v) is 20.4. The molecule has 0 bridgehead atoms. The SMILES string of the molecule is CCOC(=O)c1sc(NC(=O)CSc2nc(-c3ccccc3)cc(=O)[nH]2)c(C(=O)OCC)c1C. The van der Waals surface area contributed by atoms with Gasteiger partial charge >= 0.3 is 11.9 Å². The van der Waals surface area contributed by atoms with Crippen LogP contribution in [0, 0.1) is 6.92 Å². The number of hydrogen-bond acceptors (Lipinski definition) is 9. The summed E-state index contributed by atoms with van der Waals surface area (Å²) in [6, 6.07) is 10.6. The number of hydrogen-bond donors (Lipinski definition) is 2. The van der Waals surface area contributed by atoms with E-state index in [1.165, 1.54) is 6.07 Å². The average molecular weight is 502 g/mol. The first-order valence-corrected chi connectivity index (χ1v) is 12.2. The molecule has 9 nitrogen and oxygen atoms in total. The van der Waals surface area contributed by atoms with Crippen LogP contribution in [0.5, 0.6) is 0 Å². The van der Waals surface area contributed by atoms with E-state index in [1.54, 1.807) is 20.8 Å². The molecule has 1 aromatic carbocycles. The lowest BCUT2D eigenvalue weighted by Crippen LogP contribution is -2.17. The number of nitrogens with zero attached hydrogens (tertiary/aromatic N) is 1. The van der Waals surface area contributed by atoms with E-state index in [4.69, 9.17) is 9.47 Å². The van der Waals surface area contributed by atoms with Crippen LogP contribution >= 0.6 is 23.1 Å². The molecule has 0 aliphatic heterocycles. The van der Waals surface area contributed by atoms with Gasteiger partial charge < -0.3 is 19.8 Å². The Morgan fingerprint density at radius 2 is 1.76 bits per heavy atom. The molecule has 1 amide bonds. The van der Waals surface area contributed by atoms with Crippen molar-refractivity contribution in [2.75, 3.05) is 24.3 Å². The largest absolute Gasteiger partial charge is 0.462 e. The minimum Gasteiger partial charge on any atom is -0.462 e. The molecule has 0 unspecified atom stereocenters. The molecule has 0 fully saturated rings. The van der Waals surface area contributed by atoms with Crippen molar-refractivity contribution in [2.45, 2.75) is 25.9 Å². The molecule has 0 aliphatic rings. The van der Waals surface area contributed by atoms with Gasteiger partial charge in [0.25, 0.3) is 5.56 Å². The van der Waals surface area contributed by atoms with Gasteiger partial charge in [0.1, 0.15) is 9.88 Å². The third-order valence-electron chi connectivity index (χ3n) is 4.47. The van der Waals surface area contributed by atoms with Crippen molar-refractivity contribution in [3.63, 3.8) is 0 Å². The summed E-state index contributed by atoms with van der Waals surface area (Å²) in [6.45, 7) is 5.26. The summed E-state index contributed by atoms with van der Waals surface area (Å²) in [4.78, 5) is 56.7. The fourth-order valence-corrected chi connectivity index (χ4v) is 4.78. The molecule has 11 heteroatoms. The second-order valence-electron chi connectivity index (χ2n) is 6.84. The van der Waals surface area contributed by atoms with Crippen LogP contribution in [0.3, 0.4) is 0 Å². The minimum absolute atomic E-state index is 0.0882. The molecule has 3 rings (SSSR count). The van der Waals surface area contributed by atoms with Crippen LogP contribution in [0.25, 0.3) is 11.3 Å². The van der Waals surface area contributed by atoms with Crippen LogP contribution in [0.4, 0.5) is 5.00 Å². The summed E-state index contributed by atoms with van der Waals surface area (Å²) in [5, 5.41) is 3.15. The average Bonchev–Trinajstić information content (AvgIpc) is 3.14. The van der Waals surface area contributed by atoms with Gasteiger partial charge in [-0.2, -0.15) is 0 Å². The van der Waals surface area contributed by atoms with Gasteiger partial charge in [0, 0.05) is 11.6 Å². The topological polar surface area (TPSA) is 127 Å². The predicted octanol–water partition coefficient (Wildman–Crippen LogP) is 3.89. The number of carbonyl (C=O) groups is 3. The van der Waals surface area contributed by atoms with Crippen LogP contribution < -0.4 is 10.9 Å². The number of ether oxygens (including phenoxy) is 2. The summed E-state index contributed by atoms with van der Waals surface area (Å²) in [5.74, 6) is -1.75. The zero-order chi connectivity index (χ0) is 24.7. The lowest BCUT2D eigenvalue weighted by Gasteiger charge is -2.07. The van der Waals surface area contributed by atoms with E-state index in [0.29, 0.717) is 11.3 Å². The highest BCUT2D eigenvalue weighted by Crippen LogP contribution is 2.34. The Morgan fingerprint density at radius 1 is 1.09 bits per heavy atom. The second-order valence-corrected chi connectivity index (χ2v) is 8.82. The van der Waals surface area contributed by atoms with Crippen molar-refractivity contribution in [2.24, 2.45) is 0 Å². The molecule has 178 valence electrons. The Hall–Kier alpha value is -3.44. The van der Waals surface area contributed by atoms with Crippen LogP contribution in [-0.2, 0) is 14.3 Å². The maximum Gasteiger partial charge on any atom is 0.348 e. The molecule has 0 atom stereocenters. The van der Waals surface area contributed by atoms with E-state index in [2.05, 4.69) is 15.3 Å². The maximum atomic E-state index is 12.7. The van der Waals surface area contributed by atoms with Crippen molar-refractivity contribution in [1.29, 1.82) is 0 Å². The number of thiophene rings is 1. The molecule has 2 heterocycles. The highest BCUT2D eigenvalue weighted by atomic mass is 32.2. The van der Waals surface area contributed by atoms with Crippen LogP contribution in [0.1, 0.15) is 39.4 Å².